The van der Waals surface area contributed by atoms with Gasteiger partial charge in [-0.25, -0.2) is 0 Å². The molecule has 6 heteroatoms. The highest BCUT2D eigenvalue weighted by Gasteiger charge is 2.28. The minimum absolute atomic E-state index is 0.0734. The fourth-order valence-corrected chi connectivity index (χ4v) is 3.80. The van der Waals surface area contributed by atoms with E-state index in [4.69, 9.17) is 13.9 Å². The quantitative estimate of drug-likeness (QED) is 0.730. The van der Waals surface area contributed by atoms with Gasteiger partial charge in [0.05, 0.1) is 26.0 Å². The number of hydrogen-bond donors (Lipinski definition) is 0. The van der Waals surface area contributed by atoms with Crippen LogP contribution in [0.5, 0.6) is 11.5 Å². The van der Waals surface area contributed by atoms with Crippen molar-refractivity contribution in [2.45, 2.75) is 32.2 Å². The van der Waals surface area contributed by atoms with Crippen LogP contribution in [-0.2, 0) is 6.42 Å². The Morgan fingerprint density at radius 1 is 1.25 bits per heavy atom. The topological polar surface area (TPSA) is 55.2 Å². The number of hydrogen-bond acceptors (Lipinski definition) is 5. The number of benzene rings is 1. The average molecular weight is 386 g/mol. The third-order valence-corrected chi connectivity index (χ3v) is 5.60. The maximum atomic E-state index is 12.8. The molecule has 2 aromatic rings. The van der Waals surface area contributed by atoms with Crippen LogP contribution in [0, 0.1) is 6.92 Å². The summed E-state index contributed by atoms with van der Waals surface area (Å²) in [4.78, 5) is 17.1. The maximum Gasteiger partial charge on any atom is 0.257 e. The highest BCUT2D eigenvalue weighted by atomic mass is 16.5. The summed E-state index contributed by atoms with van der Waals surface area (Å²) in [6.07, 6.45) is 4.63. The summed E-state index contributed by atoms with van der Waals surface area (Å²) in [5.41, 5.74) is 1.89. The Labute approximate surface area is 167 Å². The van der Waals surface area contributed by atoms with E-state index in [1.165, 1.54) is 5.56 Å². The van der Waals surface area contributed by atoms with Crippen molar-refractivity contribution in [2.24, 2.45) is 0 Å². The average Bonchev–Trinajstić information content (AvgIpc) is 3.17. The largest absolute Gasteiger partial charge is 0.493 e. The first kappa shape index (κ1) is 20.3. The highest BCUT2D eigenvalue weighted by Crippen LogP contribution is 2.28. The fourth-order valence-electron chi connectivity index (χ4n) is 3.80. The van der Waals surface area contributed by atoms with E-state index in [1.54, 1.807) is 26.5 Å². The summed E-state index contributed by atoms with van der Waals surface area (Å²) >= 11 is 0. The van der Waals surface area contributed by atoms with Gasteiger partial charge in [-0.1, -0.05) is 6.07 Å². The summed E-state index contributed by atoms with van der Waals surface area (Å²) < 4.78 is 16.0. The Balaban J connectivity index is 1.58. The normalized spacial score (nSPS) is 17.0. The van der Waals surface area contributed by atoms with E-state index in [1.807, 2.05) is 24.0 Å². The van der Waals surface area contributed by atoms with Gasteiger partial charge in [0.2, 0.25) is 0 Å². The van der Waals surface area contributed by atoms with Gasteiger partial charge in [-0.05, 0) is 57.0 Å². The van der Waals surface area contributed by atoms with Gasteiger partial charge in [-0.15, -0.1) is 0 Å². The van der Waals surface area contributed by atoms with Crippen LogP contribution in [0.1, 0.15) is 34.5 Å². The van der Waals surface area contributed by atoms with Gasteiger partial charge >= 0.3 is 0 Å². The zero-order valence-electron chi connectivity index (χ0n) is 17.2. The Hall–Kier alpha value is -2.47. The van der Waals surface area contributed by atoms with Crippen LogP contribution in [0.25, 0.3) is 0 Å². The zero-order chi connectivity index (χ0) is 20.1. The van der Waals surface area contributed by atoms with Crippen molar-refractivity contribution in [3.8, 4) is 11.5 Å². The summed E-state index contributed by atoms with van der Waals surface area (Å²) in [6, 6.07) is 8.19. The van der Waals surface area contributed by atoms with E-state index in [2.05, 4.69) is 18.0 Å². The number of amides is 1. The molecule has 152 valence electrons. The molecule has 0 spiro atoms. The van der Waals surface area contributed by atoms with Crippen molar-refractivity contribution >= 4 is 5.91 Å². The van der Waals surface area contributed by atoms with E-state index >= 15 is 0 Å². The van der Waals surface area contributed by atoms with Crippen LogP contribution in [0.2, 0.25) is 0 Å². The number of likely N-dealkylation sites (N-methyl/N-ethyl adjacent to an activating group) is 1. The molecule has 0 N–H and O–H groups in total. The molecule has 0 saturated carbocycles. The van der Waals surface area contributed by atoms with Crippen molar-refractivity contribution < 1.29 is 18.7 Å². The lowest BCUT2D eigenvalue weighted by molar-refractivity contribution is 0.0610. The molecular formula is C22H30N2O4. The molecule has 0 unspecified atom stereocenters. The molecule has 1 aromatic carbocycles. The van der Waals surface area contributed by atoms with Crippen LogP contribution in [0.15, 0.2) is 34.9 Å². The predicted octanol–water partition coefficient (Wildman–Crippen LogP) is 3.38. The number of carbonyl (C=O) groups excluding carboxylic acids is 1. The number of piperidine rings is 1. The van der Waals surface area contributed by atoms with Gasteiger partial charge in [-0.2, -0.15) is 0 Å². The molecule has 1 aliphatic heterocycles. The number of rotatable bonds is 7. The van der Waals surface area contributed by atoms with Gasteiger partial charge in [0.15, 0.2) is 11.5 Å². The van der Waals surface area contributed by atoms with E-state index < -0.39 is 0 Å². The molecule has 0 aliphatic carbocycles. The molecule has 1 fully saturated rings. The molecule has 28 heavy (non-hydrogen) atoms. The first-order valence-corrected chi connectivity index (χ1v) is 9.78. The molecule has 1 aromatic heterocycles. The smallest absolute Gasteiger partial charge is 0.257 e. The monoisotopic (exact) mass is 386 g/mol. The third kappa shape index (κ3) is 4.50. The molecule has 1 saturated heterocycles. The Bertz CT molecular complexity index is 802. The van der Waals surface area contributed by atoms with Crippen LogP contribution >= 0.6 is 0 Å². The van der Waals surface area contributed by atoms with Crippen LogP contribution in [-0.4, -0.2) is 62.7 Å². The minimum atomic E-state index is 0.0734. The van der Waals surface area contributed by atoms with E-state index in [9.17, 15) is 4.79 Å². The molecule has 1 aliphatic rings. The lowest BCUT2D eigenvalue weighted by Crippen LogP contribution is -2.49. The Kier molecular flexibility index (Phi) is 6.62. The molecule has 0 bridgehead atoms. The van der Waals surface area contributed by atoms with Crippen LogP contribution in [0.3, 0.4) is 0 Å². The Morgan fingerprint density at radius 2 is 2.04 bits per heavy atom. The molecule has 0 radical (unpaired) electrons. The van der Waals surface area contributed by atoms with Crippen LogP contribution in [0.4, 0.5) is 0 Å². The lowest BCUT2D eigenvalue weighted by atomic mass is 10.0. The summed E-state index contributed by atoms with van der Waals surface area (Å²) in [7, 11) is 5.44. The molecule has 2 heterocycles. The van der Waals surface area contributed by atoms with Crippen molar-refractivity contribution in [1.29, 1.82) is 0 Å². The SMILES string of the molecule is COc1ccc(CCN(C)[C@@H]2CCCN(C(=O)c3ccoc3C)C2)cc1OC. The number of aryl methyl sites for hydroxylation is 1. The number of methoxy groups -OCH3 is 2. The fraction of sp³-hybridized carbons (Fsp3) is 0.500. The van der Waals surface area contributed by atoms with Gasteiger partial charge < -0.3 is 23.7 Å². The first-order chi connectivity index (χ1) is 13.5. The number of likely N-dealkylation sites (tertiary alicyclic amines) is 1. The van der Waals surface area contributed by atoms with Gasteiger partial charge in [0, 0.05) is 25.7 Å². The first-order valence-electron chi connectivity index (χ1n) is 9.78. The number of nitrogens with zero attached hydrogens (tertiary/aromatic N) is 2. The number of carbonyl (C=O) groups is 1. The van der Waals surface area contributed by atoms with Crippen molar-refractivity contribution in [3.05, 3.63) is 47.4 Å². The van der Waals surface area contributed by atoms with Crippen LogP contribution < -0.4 is 9.47 Å². The van der Waals surface area contributed by atoms with Crippen molar-refractivity contribution in [1.82, 2.24) is 9.80 Å². The van der Waals surface area contributed by atoms with Crippen molar-refractivity contribution in [3.63, 3.8) is 0 Å². The molecular weight excluding hydrogens is 356 g/mol. The molecule has 1 amide bonds. The summed E-state index contributed by atoms with van der Waals surface area (Å²) in [6.45, 7) is 4.33. The zero-order valence-corrected chi connectivity index (χ0v) is 17.2. The Morgan fingerprint density at radius 3 is 2.71 bits per heavy atom. The van der Waals surface area contributed by atoms with Crippen molar-refractivity contribution in [2.75, 3.05) is 40.9 Å². The van der Waals surface area contributed by atoms with E-state index in [0.717, 1.165) is 50.4 Å². The number of ether oxygens (including phenoxy) is 2. The standard InChI is InChI=1S/C22H30N2O4/c1-16-19(10-13-28-16)22(25)24-11-5-6-18(15-24)23(2)12-9-17-7-8-20(26-3)21(14-17)27-4/h7-8,10,13-14,18H,5-6,9,11-12,15H2,1-4H3/t18-/m1/s1. The second kappa shape index (κ2) is 9.15. The molecule has 6 nitrogen and oxygen atoms in total. The third-order valence-electron chi connectivity index (χ3n) is 5.60. The van der Waals surface area contributed by atoms with Gasteiger partial charge in [-0.3, -0.25) is 4.79 Å². The highest BCUT2D eigenvalue weighted by molar-refractivity contribution is 5.95. The maximum absolute atomic E-state index is 12.8. The summed E-state index contributed by atoms with van der Waals surface area (Å²) in [5, 5.41) is 0. The minimum Gasteiger partial charge on any atom is -0.493 e. The molecule has 1 atom stereocenters. The van der Waals surface area contributed by atoms with E-state index in [0.29, 0.717) is 17.4 Å². The molecule has 3 rings (SSSR count). The van der Waals surface area contributed by atoms with E-state index in [-0.39, 0.29) is 5.91 Å². The van der Waals surface area contributed by atoms with Gasteiger partial charge in [0.1, 0.15) is 5.76 Å². The second-order valence-corrected chi connectivity index (χ2v) is 7.36. The number of furan rings is 1. The summed E-state index contributed by atoms with van der Waals surface area (Å²) in [5.74, 6) is 2.27. The van der Waals surface area contributed by atoms with Gasteiger partial charge in [0.25, 0.3) is 5.91 Å². The second-order valence-electron chi connectivity index (χ2n) is 7.36. The lowest BCUT2D eigenvalue weighted by Gasteiger charge is -2.37. The predicted molar refractivity (Wildman–Crippen MR) is 108 cm³/mol.